The summed E-state index contributed by atoms with van der Waals surface area (Å²) < 4.78 is 17.8. The lowest BCUT2D eigenvalue weighted by atomic mass is 9.72. The average Bonchev–Trinajstić information content (AvgIpc) is 2.77. The van der Waals surface area contributed by atoms with Crippen LogP contribution in [-0.2, 0) is 14.2 Å². The lowest BCUT2D eigenvalue weighted by Gasteiger charge is -2.50. The van der Waals surface area contributed by atoms with Crippen LogP contribution in [0.3, 0.4) is 0 Å². The fraction of sp³-hybridized carbons (Fsp3) is 0.810. The lowest BCUT2D eigenvalue weighted by molar-refractivity contribution is -0.296. The number of nitrogens with one attached hydrogen (secondary N) is 5. The molecule has 16 N–H and O–H groups in total. The van der Waals surface area contributed by atoms with Gasteiger partial charge < -0.3 is 68.4 Å². The molecule has 0 aromatic rings. The molecule has 2 heterocycles. The second kappa shape index (κ2) is 11.4. The predicted molar refractivity (Wildman–Crippen MR) is 130 cm³/mol. The first-order valence-electron chi connectivity index (χ1n) is 11.9. The molecular weight excluding hydrogens is 474 g/mol. The third-order valence-electron chi connectivity index (χ3n) is 7.08. The zero-order chi connectivity index (χ0) is 26.8. The maximum atomic E-state index is 11.5. The highest BCUT2D eigenvalue weighted by Gasteiger charge is 2.52. The highest BCUT2D eigenvalue weighted by Crippen LogP contribution is 2.36. The van der Waals surface area contributed by atoms with Gasteiger partial charge in [0.2, 0.25) is 0 Å². The predicted octanol–water partition coefficient (Wildman–Crippen LogP) is -4.53. The van der Waals surface area contributed by atoms with Crippen molar-refractivity contribution in [2.24, 2.45) is 28.9 Å². The normalized spacial score (nSPS) is 43.1. The van der Waals surface area contributed by atoms with Crippen LogP contribution in [0.2, 0.25) is 0 Å². The molecule has 1 unspecified atom stereocenters. The molecule has 0 amide bonds. The summed E-state index contributed by atoms with van der Waals surface area (Å²) >= 11 is 0. The number of nitrogens with two attached hydrogens (primary N) is 4. The molecule has 2 fully saturated rings. The number of aliphatic hydroxyl groups is 3. The Balaban J connectivity index is 1.81. The van der Waals surface area contributed by atoms with Crippen LogP contribution in [0.5, 0.6) is 0 Å². The quantitative estimate of drug-likeness (QED) is 0.113. The Morgan fingerprint density at radius 1 is 1.19 bits per heavy atom. The fourth-order valence-corrected chi connectivity index (χ4v) is 5.35. The van der Waals surface area contributed by atoms with Gasteiger partial charge in [0.05, 0.1) is 31.3 Å². The van der Waals surface area contributed by atoms with Gasteiger partial charge in [0.1, 0.15) is 29.7 Å². The van der Waals surface area contributed by atoms with Crippen LogP contribution < -0.4 is 38.9 Å². The first-order chi connectivity index (χ1) is 16.9. The molecule has 0 spiro atoms. The van der Waals surface area contributed by atoms with Crippen molar-refractivity contribution in [1.29, 1.82) is 10.8 Å². The smallest absolute Gasteiger partial charge is 0.186 e. The highest BCUT2D eigenvalue weighted by atomic mass is 16.7. The Bertz CT molecular complexity index is 830. The molecule has 206 valence electrons. The molecule has 15 heteroatoms. The Morgan fingerprint density at radius 3 is 2.50 bits per heavy atom. The van der Waals surface area contributed by atoms with Gasteiger partial charge >= 0.3 is 0 Å². The van der Waals surface area contributed by atoms with Crippen molar-refractivity contribution in [2.75, 3.05) is 20.2 Å². The Hall–Kier alpha value is -2.24. The van der Waals surface area contributed by atoms with Crippen molar-refractivity contribution < 1.29 is 29.5 Å². The van der Waals surface area contributed by atoms with Crippen molar-refractivity contribution in [3.05, 3.63) is 11.8 Å². The van der Waals surface area contributed by atoms with E-state index in [1.165, 1.54) is 0 Å². The van der Waals surface area contributed by atoms with Crippen molar-refractivity contribution in [1.82, 2.24) is 16.0 Å². The van der Waals surface area contributed by atoms with Crippen molar-refractivity contribution >= 4 is 11.9 Å². The third-order valence-corrected chi connectivity index (χ3v) is 7.08. The largest absolute Gasteiger partial charge is 0.491 e. The van der Waals surface area contributed by atoms with E-state index in [0.717, 1.165) is 0 Å². The summed E-state index contributed by atoms with van der Waals surface area (Å²) in [6.07, 6.45) is -2.85. The SMILES string of the molecule is CN[C@@H]1[C@@H](O)[C@@H](O[C@@H]2[C@@H](O)[C@H](C3OC(CNC(=N)N)=CC[C@H]3NC(=N)N)[C@@H](N)C[C@H]2N)OC[C@]1(C)O. The summed E-state index contributed by atoms with van der Waals surface area (Å²) in [5, 5.41) is 56.2. The summed E-state index contributed by atoms with van der Waals surface area (Å²) in [5.41, 5.74) is 22.4. The number of hydrogen-bond donors (Lipinski definition) is 12. The van der Waals surface area contributed by atoms with Crippen molar-refractivity contribution in [2.45, 2.75) is 80.2 Å². The summed E-state index contributed by atoms with van der Waals surface area (Å²) in [6.45, 7) is 1.59. The standard InChI is InChI=1S/C21H41N9O6/c1-21(33)7-34-18(14(32)17(21)28-2)36-15-10(23)5-9(22)12(13(15)31)16-11(30-20(26)27)4-3-8(35-16)6-29-19(24)25/h3,9-18,28,31-33H,4-7,22-23H2,1-2H3,(H4,24,25,29)(H4,26,27,30)/t9-,10+,11+,12+,13-,14+,15-,16?,17+,18+,21-/m0/s1. The fourth-order valence-electron chi connectivity index (χ4n) is 5.35. The van der Waals surface area contributed by atoms with E-state index in [1.54, 1.807) is 20.0 Å². The van der Waals surface area contributed by atoms with Crippen LogP contribution in [0, 0.1) is 16.7 Å². The zero-order valence-corrected chi connectivity index (χ0v) is 20.6. The van der Waals surface area contributed by atoms with Gasteiger partial charge in [-0.2, -0.15) is 0 Å². The number of ether oxygens (including phenoxy) is 3. The van der Waals surface area contributed by atoms with Crippen molar-refractivity contribution in [3.8, 4) is 0 Å². The molecule has 11 atom stereocenters. The van der Waals surface area contributed by atoms with Crippen LogP contribution in [0.4, 0.5) is 0 Å². The number of likely N-dealkylation sites (N-methyl/N-ethyl adjacent to an activating group) is 1. The molecule has 1 saturated carbocycles. The molecule has 15 nitrogen and oxygen atoms in total. The topological polar surface area (TPSA) is 276 Å². The molecule has 1 saturated heterocycles. The van der Waals surface area contributed by atoms with E-state index in [4.69, 9.17) is 48.0 Å². The maximum absolute atomic E-state index is 11.5. The Kier molecular flexibility index (Phi) is 9.00. The molecular formula is C21H41N9O6. The molecule has 3 rings (SSSR count). The summed E-state index contributed by atoms with van der Waals surface area (Å²) in [7, 11) is 1.61. The monoisotopic (exact) mass is 515 g/mol. The Morgan fingerprint density at radius 2 is 1.89 bits per heavy atom. The van der Waals surface area contributed by atoms with Gasteiger partial charge in [0, 0.05) is 18.0 Å². The molecule has 2 aliphatic heterocycles. The molecule has 0 bridgehead atoms. The molecule has 1 aliphatic carbocycles. The summed E-state index contributed by atoms with van der Waals surface area (Å²) in [4.78, 5) is 0. The van der Waals surface area contributed by atoms with Crippen LogP contribution in [0.1, 0.15) is 19.8 Å². The summed E-state index contributed by atoms with van der Waals surface area (Å²) in [6, 6.07) is -2.47. The average molecular weight is 516 g/mol. The molecule has 36 heavy (non-hydrogen) atoms. The second-order valence-corrected chi connectivity index (χ2v) is 9.95. The minimum atomic E-state index is -1.33. The number of hydrogen-bond acceptors (Lipinski definition) is 11. The van der Waals surface area contributed by atoms with E-state index < -0.39 is 66.4 Å². The number of guanidine groups is 2. The maximum Gasteiger partial charge on any atom is 0.186 e. The van der Waals surface area contributed by atoms with Crippen LogP contribution >= 0.6 is 0 Å². The van der Waals surface area contributed by atoms with E-state index in [9.17, 15) is 15.3 Å². The third kappa shape index (κ3) is 6.18. The van der Waals surface area contributed by atoms with Crippen LogP contribution in [0.25, 0.3) is 0 Å². The minimum Gasteiger partial charge on any atom is -0.491 e. The van der Waals surface area contributed by atoms with E-state index in [1.807, 2.05) is 0 Å². The van der Waals surface area contributed by atoms with Gasteiger partial charge in [-0.25, -0.2) is 0 Å². The van der Waals surface area contributed by atoms with E-state index in [-0.39, 0.29) is 31.5 Å². The molecule has 0 aromatic heterocycles. The van der Waals surface area contributed by atoms with Crippen LogP contribution in [-0.4, -0.2) is 108 Å². The van der Waals surface area contributed by atoms with Gasteiger partial charge in [-0.3, -0.25) is 10.8 Å². The second-order valence-electron chi connectivity index (χ2n) is 9.95. The minimum absolute atomic E-state index is 0.102. The first kappa shape index (κ1) is 28.3. The molecule has 0 aromatic carbocycles. The first-order valence-corrected chi connectivity index (χ1v) is 11.9. The van der Waals surface area contributed by atoms with Gasteiger partial charge in [-0.05, 0) is 32.9 Å². The number of aliphatic hydroxyl groups excluding tert-OH is 2. The van der Waals surface area contributed by atoms with Gasteiger partial charge in [0.15, 0.2) is 18.2 Å². The summed E-state index contributed by atoms with van der Waals surface area (Å²) in [5.74, 6) is -0.691. The molecule has 3 aliphatic rings. The molecule has 0 radical (unpaired) electrons. The van der Waals surface area contributed by atoms with E-state index >= 15 is 0 Å². The van der Waals surface area contributed by atoms with Crippen LogP contribution in [0.15, 0.2) is 11.8 Å². The van der Waals surface area contributed by atoms with Crippen molar-refractivity contribution in [3.63, 3.8) is 0 Å². The van der Waals surface area contributed by atoms with E-state index in [0.29, 0.717) is 12.2 Å². The zero-order valence-electron chi connectivity index (χ0n) is 20.6. The number of rotatable bonds is 7. The van der Waals surface area contributed by atoms with Gasteiger partial charge in [-0.15, -0.1) is 0 Å². The Labute approximate surface area is 209 Å². The highest BCUT2D eigenvalue weighted by molar-refractivity contribution is 5.75. The van der Waals surface area contributed by atoms with Gasteiger partial charge in [-0.1, -0.05) is 0 Å². The van der Waals surface area contributed by atoms with Gasteiger partial charge in [0.25, 0.3) is 0 Å². The van der Waals surface area contributed by atoms with E-state index in [2.05, 4.69) is 16.0 Å². The lowest BCUT2D eigenvalue weighted by Crippen LogP contribution is -2.69.